The number of urea groups is 1. The molecule has 1 atom stereocenters. The Morgan fingerprint density at radius 1 is 1.59 bits per heavy atom. The molecule has 1 heterocycles. The van der Waals surface area contributed by atoms with Gasteiger partial charge >= 0.3 is 12.0 Å². The van der Waals surface area contributed by atoms with Crippen molar-refractivity contribution in [3.05, 3.63) is 11.6 Å². The minimum Gasteiger partial charge on any atom is -0.481 e. The van der Waals surface area contributed by atoms with E-state index in [1.165, 1.54) is 4.90 Å². The van der Waals surface area contributed by atoms with Gasteiger partial charge < -0.3 is 15.3 Å². The van der Waals surface area contributed by atoms with Gasteiger partial charge in [0.2, 0.25) is 0 Å². The zero-order valence-corrected chi connectivity index (χ0v) is 10.6. The molecule has 0 radical (unpaired) electrons. The van der Waals surface area contributed by atoms with Gasteiger partial charge in [0, 0.05) is 18.1 Å². The van der Waals surface area contributed by atoms with E-state index in [-0.39, 0.29) is 19.1 Å². The molecule has 1 unspecified atom stereocenters. The number of hydrogen-bond donors (Lipinski definition) is 2. The van der Waals surface area contributed by atoms with Gasteiger partial charge in [0.15, 0.2) is 0 Å². The second-order valence-corrected chi connectivity index (χ2v) is 5.10. The average Bonchev–Trinajstić information content (AvgIpc) is 2.25. The fourth-order valence-electron chi connectivity index (χ4n) is 1.87. The van der Waals surface area contributed by atoms with E-state index >= 15 is 0 Å². The largest absolute Gasteiger partial charge is 0.481 e. The van der Waals surface area contributed by atoms with Crippen LogP contribution in [-0.4, -0.2) is 41.6 Å². The number of amides is 2. The van der Waals surface area contributed by atoms with Crippen molar-refractivity contribution < 1.29 is 14.7 Å². The lowest BCUT2D eigenvalue weighted by atomic mass is 9.82. The van der Waals surface area contributed by atoms with Crippen LogP contribution in [0, 0.1) is 5.41 Å². The van der Waals surface area contributed by atoms with E-state index in [1.54, 1.807) is 6.92 Å². The smallest absolute Gasteiger partial charge is 0.317 e. The normalized spacial score (nSPS) is 24.2. The van der Waals surface area contributed by atoms with Crippen LogP contribution in [0.1, 0.15) is 19.8 Å². The number of carboxylic acid groups (broad SMARTS) is 1. The van der Waals surface area contributed by atoms with Crippen molar-refractivity contribution in [3.63, 3.8) is 0 Å². The maximum Gasteiger partial charge on any atom is 0.317 e. The molecule has 0 aliphatic carbocycles. The van der Waals surface area contributed by atoms with Crippen LogP contribution < -0.4 is 5.32 Å². The number of aliphatic carboxylic acids is 1. The Morgan fingerprint density at radius 3 is 2.76 bits per heavy atom. The number of nitrogens with zero attached hydrogens (tertiary/aromatic N) is 1. The molecule has 2 N–H and O–H groups in total. The summed E-state index contributed by atoms with van der Waals surface area (Å²) in [5.74, 6) is -0.864. The summed E-state index contributed by atoms with van der Waals surface area (Å²) in [5.41, 5.74) is -0.854. The minimum atomic E-state index is -0.864. The molecule has 0 aromatic rings. The summed E-state index contributed by atoms with van der Waals surface area (Å²) in [7, 11) is 0. The third-order valence-electron chi connectivity index (χ3n) is 2.93. The summed E-state index contributed by atoms with van der Waals surface area (Å²) in [6.07, 6.45) is 1.28. The van der Waals surface area contributed by atoms with Crippen molar-refractivity contribution in [2.45, 2.75) is 19.8 Å². The topological polar surface area (TPSA) is 69.6 Å². The number of carbonyl (C=O) groups excluding carboxylic acids is 1. The fourth-order valence-corrected chi connectivity index (χ4v) is 1.94. The number of halogens is 1. The Bertz CT molecular complexity index is 346. The summed E-state index contributed by atoms with van der Waals surface area (Å²) in [6.45, 7) is 6.12. The lowest BCUT2D eigenvalue weighted by Gasteiger charge is -2.37. The molecule has 1 saturated heterocycles. The molecule has 0 spiro atoms. The van der Waals surface area contributed by atoms with Gasteiger partial charge in [0.1, 0.15) is 0 Å². The molecule has 0 saturated carbocycles. The second-order valence-electron chi connectivity index (χ2n) is 4.57. The second kappa shape index (κ2) is 5.40. The quantitative estimate of drug-likeness (QED) is 0.810. The van der Waals surface area contributed by atoms with Crippen molar-refractivity contribution in [3.8, 4) is 0 Å². The Labute approximate surface area is 105 Å². The molecule has 6 heteroatoms. The Hall–Kier alpha value is -1.23. The van der Waals surface area contributed by atoms with Gasteiger partial charge in [-0.1, -0.05) is 18.2 Å². The van der Waals surface area contributed by atoms with Crippen LogP contribution in [0.25, 0.3) is 0 Å². The van der Waals surface area contributed by atoms with Gasteiger partial charge in [0.05, 0.1) is 12.0 Å². The first kappa shape index (κ1) is 13.8. The number of likely N-dealkylation sites (tertiary alicyclic amines) is 1. The maximum absolute atomic E-state index is 11.7. The number of rotatable bonds is 3. The van der Waals surface area contributed by atoms with Gasteiger partial charge in [-0.3, -0.25) is 4.79 Å². The predicted molar refractivity (Wildman–Crippen MR) is 64.9 cm³/mol. The van der Waals surface area contributed by atoms with E-state index in [2.05, 4.69) is 11.9 Å². The molecule has 5 nitrogen and oxygen atoms in total. The van der Waals surface area contributed by atoms with Crippen LogP contribution in [0.5, 0.6) is 0 Å². The number of carbonyl (C=O) groups is 2. The average molecular weight is 261 g/mol. The highest BCUT2D eigenvalue weighted by atomic mass is 35.5. The van der Waals surface area contributed by atoms with Crippen molar-refractivity contribution in [2.75, 3.05) is 19.6 Å². The Balaban J connectivity index is 2.57. The molecule has 96 valence electrons. The lowest BCUT2D eigenvalue weighted by Crippen LogP contribution is -2.51. The number of carboxylic acids is 1. The van der Waals surface area contributed by atoms with Gasteiger partial charge in [-0.2, -0.15) is 0 Å². The van der Waals surface area contributed by atoms with Gasteiger partial charge in [-0.05, 0) is 19.8 Å². The van der Waals surface area contributed by atoms with E-state index < -0.39 is 11.4 Å². The highest BCUT2D eigenvalue weighted by Gasteiger charge is 2.39. The minimum absolute atomic E-state index is 0.195. The van der Waals surface area contributed by atoms with Crippen LogP contribution in [0.2, 0.25) is 0 Å². The standard InChI is InChI=1S/C11H17ClN2O3/c1-8(12)6-13-10(17)14-5-3-4-11(2,7-14)9(15)16/h1,3-7H2,2H3,(H,13,17)(H,15,16). The summed E-state index contributed by atoms with van der Waals surface area (Å²) >= 11 is 5.55. The number of nitrogens with one attached hydrogen (secondary N) is 1. The zero-order valence-electron chi connectivity index (χ0n) is 9.83. The van der Waals surface area contributed by atoms with Gasteiger partial charge in [-0.25, -0.2) is 4.79 Å². The van der Waals surface area contributed by atoms with Crippen LogP contribution in [-0.2, 0) is 4.79 Å². The van der Waals surface area contributed by atoms with E-state index in [4.69, 9.17) is 16.7 Å². The van der Waals surface area contributed by atoms with Crippen LogP contribution in [0.15, 0.2) is 11.6 Å². The molecule has 0 bridgehead atoms. The summed E-state index contributed by atoms with van der Waals surface area (Å²) in [4.78, 5) is 24.4. The first-order valence-electron chi connectivity index (χ1n) is 5.44. The van der Waals surface area contributed by atoms with Crippen molar-refractivity contribution in [1.82, 2.24) is 10.2 Å². The maximum atomic E-state index is 11.7. The first-order valence-corrected chi connectivity index (χ1v) is 5.82. The van der Waals surface area contributed by atoms with Crippen LogP contribution in [0.3, 0.4) is 0 Å². The first-order chi connectivity index (χ1) is 7.85. The number of hydrogen-bond acceptors (Lipinski definition) is 2. The highest BCUT2D eigenvalue weighted by Crippen LogP contribution is 2.29. The molecular weight excluding hydrogens is 244 g/mol. The Kier molecular flexibility index (Phi) is 4.40. The summed E-state index contributed by atoms with van der Waals surface area (Å²) in [5, 5.41) is 12.1. The van der Waals surface area contributed by atoms with E-state index in [0.29, 0.717) is 24.4 Å². The molecule has 1 aliphatic heterocycles. The highest BCUT2D eigenvalue weighted by molar-refractivity contribution is 6.29. The van der Waals surface area contributed by atoms with Crippen LogP contribution in [0.4, 0.5) is 4.79 Å². The molecule has 2 amide bonds. The van der Waals surface area contributed by atoms with Crippen LogP contribution >= 0.6 is 11.6 Å². The summed E-state index contributed by atoms with van der Waals surface area (Å²) in [6, 6.07) is -0.293. The molecule has 0 aromatic carbocycles. The molecular formula is C11H17ClN2O3. The third kappa shape index (κ3) is 3.63. The van der Waals surface area contributed by atoms with Gasteiger partial charge in [-0.15, -0.1) is 0 Å². The molecule has 1 aliphatic rings. The zero-order chi connectivity index (χ0) is 13.1. The van der Waals surface area contributed by atoms with Gasteiger partial charge in [0.25, 0.3) is 0 Å². The van der Waals surface area contributed by atoms with Crippen molar-refractivity contribution >= 4 is 23.6 Å². The molecule has 1 rings (SSSR count). The van der Waals surface area contributed by atoms with E-state index in [1.807, 2.05) is 0 Å². The van der Waals surface area contributed by atoms with Crippen molar-refractivity contribution in [2.24, 2.45) is 5.41 Å². The monoisotopic (exact) mass is 260 g/mol. The fraction of sp³-hybridized carbons (Fsp3) is 0.636. The summed E-state index contributed by atoms with van der Waals surface area (Å²) < 4.78 is 0. The Morgan fingerprint density at radius 2 is 2.24 bits per heavy atom. The molecule has 0 aromatic heterocycles. The predicted octanol–water partition coefficient (Wildman–Crippen LogP) is 1.64. The molecule has 17 heavy (non-hydrogen) atoms. The number of piperidine rings is 1. The van der Waals surface area contributed by atoms with E-state index in [9.17, 15) is 9.59 Å². The van der Waals surface area contributed by atoms with E-state index in [0.717, 1.165) is 0 Å². The molecule has 1 fully saturated rings. The van der Waals surface area contributed by atoms with Crippen molar-refractivity contribution in [1.29, 1.82) is 0 Å². The SMILES string of the molecule is C=C(Cl)CNC(=O)N1CCCC(C)(C(=O)O)C1. The lowest BCUT2D eigenvalue weighted by molar-refractivity contribution is -0.150. The third-order valence-corrected chi connectivity index (χ3v) is 3.07.